The summed E-state index contributed by atoms with van der Waals surface area (Å²) >= 11 is 0. The lowest BCUT2D eigenvalue weighted by molar-refractivity contribution is 0.898. The molecule has 78 valence electrons. The van der Waals surface area contributed by atoms with Gasteiger partial charge >= 0.3 is 0 Å². The molecule has 0 fully saturated rings. The molecule has 0 aliphatic rings. The van der Waals surface area contributed by atoms with Crippen molar-refractivity contribution in [3.63, 3.8) is 0 Å². The van der Waals surface area contributed by atoms with Crippen molar-refractivity contribution in [1.29, 1.82) is 0 Å². The van der Waals surface area contributed by atoms with Crippen molar-refractivity contribution in [3.05, 3.63) is 35.4 Å². The van der Waals surface area contributed by atoms with Gasteiger partial charge in [0.25, 0.3) is 0 Å². The van der Waals surface area contributed by atoms with E-state index in [9.17, 15) is 0 Å². The monoisotopic (exact) mass is 193 g/mol. The van der Waals surface area contributed by atoms with Crippen LogP contribution in [0.5, 0.6) is 0 Å². The molecule has 3 nitrogen and oxygen atoms in total. The van der Waals surface area contributed by atoms with E-state index in [1.807, 2.05) is 45.0 Å². The minimum absolute atomic E-state index is 0.512. The second kappa shape index (κ2) is 6.95. The highest BCUT2D eigenvalue weighted by atomic mass is 15.3. The molecule has 14 heavy (non-hydrogen) atoms. The fourth-order valence-corrected chi connectivity index (χ4v) is 0.909. The molecule has 1 rings (SSSR count). The predicted octanol–water partition coefficient (Wildman–Crippen LogP) is 1.86. The average Bonchev–Trinajstić information content (AvgIpc) is 2.22. The standard InChI is InChI=1S/C9H13N3.C2H6/c1-7-3-5-8(6-4-7)9(10)12-11-2;1-2/h3-6,11H,1-2H3,(H2,10,12);1-2H3. The smallest absolute Gasteiger partial charge is 0.150 e. The summed E-state index contributed by atoms with van der Waals surface area (Å²) in [6.07, 6.45) is 0. The van der Waals surface area contributed by atoms with E-state index in [1.54, 1.807) is 7.05 Å². The van der Waals surface area contributed by atoms with Crippen LogP contribution in [-0.2, 0) is 0 Å². The highest BCUT2D eigenvalue weighted by molar-refractivity contribution is 5.97. The summed E-state index contributed by atoms with van der Waals surface area (Å²) in [4.78, 5) is 0. The topological polar surface area (TPSA) is 50.4 Å². The van der Waals surface area contributed by atoms with Crippen molar-refractivity contribution in [2.24, 2.45) is 10.8 Å². The highest BCUT2D eigenvalue weighted by Gasteiger charge is 1.95. The molecule has 0 spiro atoms. The van der Waals surface area contributed by atoms with Gasteiger partial charge in [-0.3, -0.25) is 0 Å². The Kier molecular flexibility index (Phi) is 6.20. The van der Waals surface area contributed by atoms with Crippen LogP contribution in [0.4, 0.5) is 0 Å². The van der Waals surface area contributed by atoms with Crippen LogP contribution in [0.1, 0.15) is 25.0 Å². The van der Waals surface area contributed by atoms with E-state index in [0.717, 1.165) is 5.56 Å². The lowest BCUT2D eigenvalue weighted by atomic mass is 10.1. The Morgan fingerprint density at radius 3 is 2.14 bits per heavy atom. The van der Waals surface area contributed by atoms with Gasteiger partial charge < -0.3 is 11.2 Å². The lowest BCUT2D eigenvalue weighted by Gasteiger charge is -2.00. The Hall–Kier alpha value is -1.51. The molecule has 0 unspecified atom stereocenters. The summed E-state index contributed by atoms with van der Waals surface area (Å²) in [6.45, 7) is 6.04. The maximum absolute atomic E-state index is 5.64. The molecule has 0 aliphatic carbocycles. The molecule has 3 heteroatoms. The molecule has 0 atom stereocenters. The third-order valence-corrected chi connectivity index (χ3v) is 1.58. The van der Waals surface area contributed by atoms with E-state index < -0.39 is 0 Å². The number of amidine groups is 1. The zero-order valence-electron chi connectivity index (χ0n) is 9.33. The van der Waals surface area contributed by atoms with E-state index >= 15 is 0 Å². The summed E-state index contributed by atoms with van der Waals surface area (Å²) in [5, 5.41) is 3.87. The van der Waals surface area contributed by atoms with E-state index in [-0.39, 0.29) is 0 Å². The molecule has 0 aliphatic heterocycles. The normalized spacial score (nSPS) is 10.1. The summed E-state index contributed by atoms with van der Waals surface area (Å²) in [7, 11) is 1.72. The first-order valence-electron chi connectivity index (χ1n) is 4.81. The first kappa shape index (κ1) is 12.5. The number of nitrogens with two attached hydrogens (primary N) is 1. The molecule has 0 heterocycles. The van der Waals surface area contributed by atoms with Crippen molar-refractivity contribution >= 4 is 5.84 Å². The maximum Gasteiger partial charge on any atom is 0.150 e. The van der Waals surface area contributed by atoms with Crippen LogP contribution in [0.15, 0.2) is 29.4 Å². The van der Waals surface area contributed by atoms with Crippen LogP contribution in [0.2, 0.25) is 0 Å². The van der Waals surface area contributed by atoms with E-state index in [2.05, 4.69) is 10.5 Å². The number of hydrogen-bond donors (Lipinski definition) is 2. The Labute approximate surface area is 86.0 Å². The molecular formula is C11H19N3. The van der Waals surface area contributed by atoms with E-state index in [4.69, 9.17) is 5.73 Å². The first-order chi connectivity index (χ1) is 6.74. The predicted molar refractivity (Wildman–Crippen MR) is 62.3 cm³/mol. The molecule has 0 saturated heterocycles. The van der Waals surface area contributed by atoms with Crippen LogP contribution >= 0.6 is 0 Å². The van der Waals surface area contributed by atoms with Crippen molar-refractivity contribution in [1.82, 2.24) is 5.43 Å². The van der Waals surface area contributed by atoms with Gasteiger partial charge in [-0.1, -0.05) is 43.7 Å². The minimum atomic E-state index is 0.512. The van der Waals surface area contributed by atoms with Crippen LogP contribution < -0.4 is 11.2 Å². The number of aryl methyl sites for hydroxylation is 1. The number of nitrogens with zero attached hydrogens (tertiary/aromatic N) is 1. The molecule has 0 radical (unpaired) electrons. The van der Waals surface area contributed by atoms with Gasteiger partial charge in [0.1, 0.15) is 0 Å². The minimum Gasteiger partial charge on any atom is -0.382 e. The Morgan fingerprint density at radius 2 is 1.71 bits per heavy atom. The van der Waals surface area contributed by atoms with Gasteiger partial charge in [-0.15, -0.1) is 0 Å². The van der Waals surface area contributed by atoms with Crippen LogP contribution in [0.25, 0.3) is 0 Å². The highest BCUT2D eigenvalue weighted by Crippen LogP contribution is 2.01. The van der Waals surface area contributed by atoms with E-state index in [0.29, 0.717) is 5.84 Å². The molecule has 0 amide bonds. The largest absolute Gasteiger partial charge is 0.382 e. The van der Waals surface area contributed by atoms with Crippen LogP contribution in [0, 0.1) is 6.92 Å². The van der Waals surface area contributed by atoms with Gasteiger partial charge in [0.15, 0.2) is 5.84 Å². The summed E-state index contributed by atoms with van der Waals surface area (Å²) in [5.41, 5.74) is 10.4. The maximum atomic E-state index is 5.64. The van der Waals surface area contributed by atoms with Gasteiger partial charge in [-0.2, -0.15) is 5.10 Å². The van der Waals surface area contributed by atoms with Crippen molar-refractivity contribution < 1.29 is 0 Å². The molecule has 1 aromatic rings. The quantitative estimate of drug-likeness (QED) is 0.428. The molecular weight excluding hydrogens is 174 g/mol. The molecule has 0 aromatic heterocycles. The number of hydrogen-bond acceptors (Lipinski definition) is 2. The van der Waals surface area contributed by atoms with E-state index in [1.165, 1.54) is 5.56 Å². The Balaban J connectivity index is 0.000000791. The second-order valence-electron chi connectivity index (χ2n) is 2.59. The fraction of sp³-hybridized carbons (Fsp3) is 0.364. The summed E-state index contributed by atoms with van der Waals surface area (Å²) < 4.78 is 0. The lowest BCUT2D eigenvalue weighted by Crippen LogP contribution is -2.16. The Morgan fingerprint density at radius 1 is 1.21 bits per heavy atom. The average molecular weight is 193 g/mol. The Bertz CT molecular complexity index is 275. The van der Waals surface area contributed by atoms with Crippen LogP contribution in [-0.4, -0.2) is 12.9 Å². The third kappa shape index (κ3) is 3.94. The van der Waals surface area contributed by atoms with Crippen molar-refractivity contribution in [2.75, 3.05) is 7.05 Å². The fourth-order valence-electron chi connectivity index (χ4n) is 0.909. The number of benzene rings is 1. The van der Waals surface area contributed by atoms with Gasteiger partial charge in [-0.05, 0) is 6.92 Å². The second-order valence-corrected chi connectivity index (χ2v) is 2.59. The van der Waals surface area contributed by atoms with Crippen molar-refractivity contribution in [2.45, 2.75) is 20.8 Å². The van der Waals surface area contributed by atoms with Gasteiger partial charge in [0, 0.05) is 12.6 Å². The molecule has 3 N–H and O–H groups in total. The summed E-state index contributed by atoms with van der Waals surface area (Å²) in [6, 6.07) is 7.91. The van der Waals surface area contributed by atoms with Gasteiger partial charge in [-0.25, -0.2) is 0 Å². The molecule has 1 aromatic carbocycles. The van der Waals surface area contributed by atoms with Crippen molar-refractivity contribution in [3.8, 4) is 0 Å². The first-order valence-corrected chi connectivity index (χ1v) is 4.81. The molecule has 0 bridgehead atoms. The zero-order valence-corrected chi connectivity index (χ0v) is 9.33. The van der Waals surface area contributed by atoms with Gasteiger partial charge in [0.05, 0.1) is 0 Å². The number of nitrogens with one attached hydrogen (secondary N) is 1. The zero-order chi connectivity index (χ0) is 11.0. The number of rotatable bonds is 2. The van der Waals surface area contributed by atoms with Crippen LogP contribution in [0.3, 0.4) is 0 Å². The third-order valence-electron chi connectivity index (χ3n) is 1.58. The number of hydrazone groups is 1. The van der Waals surface area contributed by atoms with Gasteiger partial charge in [0.2, 0.25) is 0 Å². The summed E-state index contributed by atoms with van der Waals surface area (Å²) in [5.74, 6) is 0.512. The SMILES string of the molecule is CC.CN/N=C(\N)c1ccc(C)cc1. The molecule has 0 saturated carbocycles.